The second kappa shape index (κ2) is 6.05. The van der Waals surface area contributed by atoms with Gasteiger partial charge in [-0.3, -0.25) is 0 Å². The Balaban J connectivity index is 2.10. The Kier molecular flexibility index (Phi) is 4.39. The predicted molar refractivity (Wildman–Crippen MR) is 74.2 cm³/mol. The van der Waals surface area contributed by atoms with Crippen molar-refractivity contribution in [3.8, 4) is 5.75 Å². The number of benzene rings is 1. The topological polar surface area (TPSA) is 47.3 Å². The van der Waals surface area contributed by atoms with Crippen LogP contribution in [0.4, 0.5) is 4.39 Å². The highest BCUT2D eigenvalue weighted by Crippen LogP contribution is 2.27. The summed E-state index contributed by atoms with van der Waals surface area (Å²) in [5.74, 6) is 1.65. The molecule has 1 N–H and O–H groups in total. The van der Waals surface area contributed by atoms with Crippen LogP contribution in [0, 0.1) is 19.7 Å². The number of hydrogen-bond donors (Lipinski definition) is 1. The van der Waals surface area contributed by atoms with Crippen molar-refractivity contribution in [3.63, 3.8) is 0 Å². The van der Waals surface area contributed by atoms with Crippen LogP contribution in [0.3, 0.4) is 0 Å². The molecule has 0 bridgehead atoms. The average Bonchev–Trinajstić information content (AvgIpc) is 2.74. The van der Waals surface area contributed by atoms with E-state index in [1.807, 2.05) is 20.8 Å². The molecule has 20 heavy (non-hydrogen) atoms. The third kappa shape index (κ3) is 2.99. The van der Waals surface area contributed by atoms with Crippen molar-refractivity contribution in [3.05, 3.63) is 46.9 Å². The molecule has 0 aliphatic rings. The molecule has 2 rings (SSSR count). The molecule has 0 amide bonds. The zero-order chi connectivity index (χ0) is 14.7. The summed E-state index contributed by atoms with van der Waals surface area (Å²) in [6.07, 6.45) is 0. The van der Waals surface area contributed by atoms with Crippen LogP contribution in [0.25, 0.3) is 0 Å². The summed E-state index contributed by atoms with van der Waals surface area (Å²) in [6, 6.07) is 4.59. The van der Waals surface area contributed by atoms with E-state index in [0.29, 0.717) is 23.7 Å². The minimum absolute atomic E-state index is 0.210. The van der Waals surface area contributed by atoms with Crippen molar-refractivity contribution in [1.29, 1.82) is 0 Å². The van der Waals surface area contributed by atoms with Gasteiger partial charge in [-0.1, -0.05) is 6.07 Å². The van der Waals surface area contributed by atoms with E-state index in [-0.39, 0.29) is 11.9 Å². The van der Waals surface area contributed by atoms with Crippen LogP contribution in [0.2, 0.25) is 0 Å². The van der Waals surface area contributed by atoms with Crippen molar-refractivity contribution < 1.29 is 13.5 Å². The molecule has 0 saturated heterocycles. The Morgan fingerprint density at radius 1 is 1.40 bits per heavy atom. The van der Waals surface area contributed by atoms with Gasteiger partial charge in [0.15, 0.2) is 0 Å². The molecule has 0 aliphatic heterocycles. The van der Waals surface area contributed by atoms with Crippen molar-refractivity contribution in [1.82, 2.24) is 10.3 Å². The fourth-order valence-corrected chi connectivity index (χ4v) is 2.07. The Morgan fingerprint density at radius 2 is 2.15 bits per heavy atom. The van der Waals surface area contributed by atoms with Gasteiger partial charge in [-0.25, -0.2) is 9.37 Å². The van der Waals surface area contributed by atoms with Gasteiger partial charge >= 0.3 is 0 Å². The number of aromatic nitrogens is 1. The van der Waals surface area contributed by atoms with Crippen LogP contribution in [0.15, 0.2) is 22.6 Å². The van der Waals surface area contributed by atoms with E-state index in [1.54, 1.807) is 12.1 Å². The SMILES string of the molecule is COc1cccc(F)c1C(C)NCc1nc(C)c(C)o1. The molecule has 1 aromatic heterocycles. The van der Waals surface area contributed by atoms with Crippen molar-refractivity contribution in [2.24, 2.45) is 0 Å². The largest absolute Gasteiger partial charge is 0.496 e. The van der Waals surface area contributed by atoms with Crippen LogP contribution in [0.1, 0.15) is 35.9 Å². The number of hydrogen-bond acceptors (Lipinski definition) is 4. The quantitative estimate of drug-likeness (QED) is 0.911. The van der Waals surface area contributed by atoms with E-state index in [2.05, 4.69) is 10.3 Å². The van der Waals surface area contributed by atoms with Crippen molar-refractivity contribution >= 4 is 0 Å². The number of aryl methyl sites for hydroxylation is 2. The lowest BCUT2D eigenvalue weighted by atomic mass is 10.1. The molecule has 1 aromatic carbocycles. The van der Waals surface area contributed by atoms with Gasteiger partial charge in [0.25, 0.3) is 0 Å². The summed E-state index contributed by atoms with van der Waals surface area (Å²) in [4.78, 5) is 4.29. The number of nitrogens with one attached hydrogen (secondary N) is 1. The third-order valence-corrected chi connectivity index (χ3v) is 3.30. The Morgan fingerprint density at radius 3 is 2.75 bits per heavy atom. The zero-order valence-corrected chi connectivity index (χ0v) is 12.2. The molecule has 1 atom stereocenters. The molecular weight excluding hydrogens is 259 g/mol. The highest BCUT2D eigenvalue weighted by Gasteiger charge is 2.17. The fourth-order valence-electron chi connectivity index (χ4n) is 2.07. The fraction of sp³-hybridized carbons (Fsp3) is 0.400. The van der Waals surface area contributed by atoms with Crippen LogP contribution in [0.5, 0.6) is 5.75 Å². The number of halogens is 1. The molecule has 4 nitrogen and oxygen atoms in total. The number of oxazole rings is 1. The first-order valence-electron chi connectivity index (χ1n) is 6.51. The van der Waals surface area contributed by atoms with Gasteiger partial charge in [0.05, 0.1) is 19.3 Å². The molecule has 2 aromatic rings. The maximum Gasteiger partial charge on any atom is 0.208 e. The monoisotopic (exact) mass is 278 g/mol. The van der Waals surface area contributed by atoms with Gasteiger partial charge in [-0.05, 0) is 32.9 Å². The van der Waals surface area contributed by atoms with Crippen molar-refractivity contribution in [2.75, 3.05) is 7.11 Å². The Labute approximate surface area is 118 Å². The summed E-state index contributed by atoms with van der Waals surface area (Å²) in [7, 11) is 1.53. The molecule has 0 spiro atoms. The van der Waals surface area contributed by atoms with Gasteiger partial charge in [-0.2, -0.15) is 0 Å². The molecule has 1 unspecified atom stereocenters. The zero-order valence-electron chi connectivity index (χ0n) is 12.2. The van der Waals surface area contributed by atoms with E-state index in [1.165, 1.54) is 13.2 Å². The van der Waals surface area contributed by atoms with Crippen LogP contribution >= 0.6 is 0 Å². The average molecular weight is 278 g/mol. The van der Waals surface area contributed by atoms with E-state index < -0.39 is 0 Å². The first kappa shape index (κ1) is 14.5. The van der Waals surface area contributed by atoms with E-state index in [9.17, 15) is 4.39 Å². The van der Waals surface area contributed by atoms with Gasteiger partial charge in [-0.15, -0.1) is 0 Å². The van der Waals surface area contributed by atoms with Crippen LogP contribution < -0.4 is 10.1 Å². The Bertz CT molecular complexity index is 576. The molecule has 0 fully saturated rings. The molecule has 0 aliphatic carbocycles. The van der Waals surface area contributed by atoms with E-state index in [0.717, 1.165) is 11.5 Å². The first-order chi connectivity index (χ1) is 9.52. The minimum atomic E-state index is -0.288. The lowest BCUT2D eigenvalue weighted by molar-refractivity contribution is 0.386. The molecule has 0 radical (unpaired) electrons. The second-order valence-corrected chi connectivity index (χ2v) is 4.71. The minimum Gasteiger partial charge on any atom is -0.496 e. The molecule has 5 heteroatoms. The summed E-state index contributed by atoms with van der Waals surface area (Å²) >= 11 is 0. The summed E-state index contributed by atoms with van der Waals surface area (Å²) in [5, 5.41) is 3.20. The number of ether oxygens (including phenoxy) is 1. The summed E-state index contributed by atoms with van der Waals surface area (Å²) in [5.41, 5.74) is 1.38. The normalized spacial score (nSPS) is 12.4. The highest BCUT2D eigenvalue weighted by molar-refractivity contribution is 5.36. The van der Waals surface area contributed by atoms with E-state index >= 15 is 0 Å². The third-order valence-electron chi connectivity index (χ3n) is 3.30. The maximum absolute atomic E-state index is 13.9. The van der Waals surface area contributed by atoms with Gasteiger partial charge in [0, 0.05) is 11.6 Å². The summed E-state index contributed by atoms with van der Waals surface area (Å²) < 4.78 is 24.6. The first-order valence-corrected chi connectivity index (χ1v) is 6.51. The number of rotatable bonds is 5. The Hall–Kier alpha value is -1.88. The smallest absolute Gasteiger partial charge is 0.208 e. The van der Waals surface area contributed by atoms with Crippen LogP contribution in [-0.4, -0.2) is 12.1 Å². The highest BCUT2D eigenvalue weighted by atomic mass is 19.1. The molecule has 1 heterocycles. The number of nitrogens with zero attached hydrogens (tertiary/aromatic N) is 1. The maximum atomic E-state index is 13.9. The molecule has 0 saturated carbocycles. The molecular formula is C15H19FN2O2. The lowest BCUT2D eigenvalue weighted by Gasteiger charge is -2.17. The van der Waals surface area contributed by atoms with Gasteiger partial charge < -0.3 is 14.5 Å². The van der Waals surface area contributed by atoms with E-state index in [4.69, 9.17) is 9.15 Å². The predicted octanol–water partition coefficient (Wildman–Crippen LogP) is 3.29. The standard InChI is InChI=1S/C15H19FN2O2/c1-9-11(3)20-14(18-9)8-17-10(2)15-12(16)6-5-7-13(15)19-4/h5-7,10,17H,8H2,1-4H3. The second-order valence-electron chi connectivity index (χ2n) is 4.71. The molecule has 108 valence electrons. The number of methoxy groups -OCH3 is 1. The lowest BCUT2D eigenvalue weighted by Crippen LogP contribution is -2.20. The van der Waals surface area contributed by atoms with Crippen LogP contribution in [-0.2, 0) is 6.54 Å². The van der Waals surface area contributed by atoms with Gasteiger partial charge in [0.2, 0.25) is 5.89 Å². The van der Waals surface area contributed by atoms with Gasteiger partial charge in [0.1, 0.15) is 17.3 Å². The summed E-state index contributed by atoms with van der Waals surface area (Å²) in [6.45, 7) is 6.08. The van der Waals surface area contributed by atoms with Crippen molar-refractivity contribution in [2.45, 2.75) is 33.4 Å².